The Balaban J connectivity index is 1.55. The molecule has 1 saturated carbocycles. The highest BCUT2D eigenvalue weighted by molar-refractivity contribution is 9.10. The summed E-state index contributed by atoms with van der Waals surface area (Å²) in [5.74, 6) is 0.925. The normalized spacial score (nSPS) is 16.3. The van der Waals surface area contributed by atoms with E-state index in [4.69, 9.17) is 4.74 Å². The van der Waals surface area contributed by atoms with Gasteiger partial charge in [-0.25, -0.2) is 4.98 Å². The van der Waals surface area contributed by atoms with E-state index in [-0.39, 0.29) is 0 Å². The molecule has 2 rings (SSSR count). The second-order valence-electron chi connectivity index (χ2n) is 4.42. The lowest BCUT2D eigenvalue weighted by molar-refractivity contribution is 0.0583. The zero-order valence-corrected chi connectivity index (χ0v) is 11.6. The summed E-state index contributed by atoms with van der Waals surface area (Å²) >= 11 is 3.37. The number of nitrogens with one attached hydrogen (secondary N) is 1. The largest absolute Gasteiger partial charge is 0.378 e. The van der Waals surface area contributed by atoms with Gasteiger partial charge >= 0.3 is 0 Å². The number of halogens is 1. The van der Waals surface area contributed by atoms with Crippen LogP contribution in [0.5, 0.6) is 0 Å². The van der Waals surface area contributed by atoms with Crippen molar-refractivity contribution in [2.75, 3.05) is 18.5 Å². The first-order chi connectivity index (χ1) is 8.34. The Hall–Kier alpha value is -0.610. The molecular weight excluding hydrogens is 280 g/mol. The zero-order valence-electron chi connectivity index (χ0n) is 9.99. The quantitative estimate of drug-likeness (QED) is 0.815. The van der Waals surface area contributed by atoms with Crippen molar-refractivity contribution >= 4 is 21.7 Å². The average Bonchev–Trinajstić information content (AvgIpc) is 2.84. The molecule has 1 aromatic heterocycles. The third kappa shape index (κ3) is 4.64. The number of nitrogens with zero attached hydrogens (tertiary/aromatic N) is 1. The first-order valence-corrected chi connectivity index (χ1v) is 7.11. The van der Waals surface area contributed by atoms with Crippen molar-refractivity contribution < 1.29 is 4.74 Å². The highest BCUT2D eigenvalue weighted by Crippen LogP contribution is 2.20. The van der Waals surface area contributed by atoms with E-state index in [2.05, 4.69) is 26.2 Å². The summed E-state index contributed by atoms with van der Waals surface area (Å²) < 4.78 is 6.80. The van der Waals surface area contributed by atoms with Gasteiger partial charge in [-0.2, -0.15) is 0 Å². The second-order valence-corrected chi connectivity index (χ2v) is 5.33. The molecule has 0 atom stereocenters. The van der Waals surface area contributed by atoms with E-state index < -0.39 is 0 Å². The number of anilines is 1. The van der Waals surface area contributed by atoms with E-state index in [9.17, 15) is 0 Å². The molecule has 0 bridgehead atoms. The van der Waals surface area contributed by atoms with Crippen molar-refractivity contribution in [2.45, 2.75) is 38.2 Å². The number of aromatic nitrogens is 1. The molecule has 17 heavy (non-hydrogen) atoms. The molecule has 94 valence electrons. The maximum absolute atomic E-state index is 5.79. The highest BCUT2D eigenvalue weighted by Gasteiger charge is 2.14. The molecule has 1 heterocycles. The van der Waals surface area contributed by atoms with Crippen LogP contribution in [-0.2, 0) is 4.74 Å². The summed E-state index contributed by atoms with van der Waals surface area (Å²) in [6, 6.07) is 3.96. The summed E-state index contributed by atoms with van der Waals surface area (Å²) in [5.41, 5.74) is 0. The molecule has 0 saturated heterocycles. The van der Waals surface area contributed by atoms with Crippen molar-refractivity contribution in [3.63, 3.8) is 0 Å². The van der Waals surface area contributed by atoms with E-state index in [1.54, 1.807) is 6.20 Å². The fraction of sp³-hybridized carbons (Fsp3) is 0.615. The van der Waals surface area contributed by atoms with Crippen LogP contribution < -0.4 is 5.32 Å². The van der Waals surface area contributed by atoms with Crippen LogP contribution in [-0.4, -0.2) is 24.2 Å². The molecule has 0 aromatic carbocycles. The number of hydrogen-bond acceptors (Lipinski definition) is 3. The Bertz CT molecular complexity index is 323. The minimum absolute atomic E-state index is 0.529. The van der Waals surface area contributed by atoms with Crippen LogP contribution in [0.25, 0.3) is 0 Å². The first-order valence-electron chi connectivity index (χ1n) is 6.31. The smallest absolute Gasteiger partial charge is 0.125 e. The molecule has 0 radical (unpaired) electrons. The molecular formula is C13H19BrN2O. The Labute approximate surface area is 111 Å². The van der Waals surface area contributed by atoms with Crippen LogP contribution in [0.2, 0.25) is 0 Å². The predicted octanol–water partition coefficient (Wildman–Crippen LogP) is 3.61. The molecule has 3 nitrogen and oxygen atoms in total. The lowest BCUT2D eigenvalue weighted by Gasteiger charge is -2.11. The van der Waals surface area contributed by atoms with Gasteiger partial charge in [0.25, 0.3) is 0 Å². The minimum Gasteiger partial charge on any atom is -0.378 e. The monoisotopic (exact) mass is 298 g/mol. The third-order valence-electron chi connectivity index (χ3n) is 3.01. The fourth-order valence-electron chi connectivity index (χ4n) is 2.07. The van der Waals surface area contributed by atoms with Crippen molar-refractivity contribution in [1.82, 2.24) is 4.98 Å². The summed E-state index contributed by atoms with van der Waals surface area (Å²) in [4.78, 5) is 4.25. The first kappa shape index (κ1) is 12.8. The van der Waals surface area contributed by atoms with Crippen molar-refractivity contribution in [3.05, 3.63) is 22.8 Å². The van der Waals surface area contributed by atoms with Gasteiger partial charge in [-0.3, -0.25) is 0 Å². The molecule has 1 aromatic rings. The topological polar surface area (TPSA) is 34.1 Å². The van der Waals surface area contributed by atoms with Crippen LogP contribution in [0.4, 0.5) is 5.82 Å². The molecule has 1 N–H and O–H groups in total. The Morgan fingerprint density at radius 3 is 2.88 bits per heavy atom. The molecule has 0 unspecified atom stereocenters. The van der Waals surface area contributed by atoms with Crippen molar-refractivity contribution in [3.8, 4) is 0 Å². The van der Waals surface area contributed by atoms with Gasteiger partial charge in [0.05, 0.1) is 6.10 Å². The maximum Gasteiger partial charge on any atom is 0.125 e. The average molecular weight is 299 g/mol. The van der Waals surface area contributed by atoms with Gasteiger partial charge in [0.1, 0.15) is 5.82 Å². The predicted molar refractivity (Wildman–Crippen MR) is 73.3 cm³/mol. The fourth-order valence-corrected chi connectivity index (χ4v) is 2.31. The van der Waals surface area contributed by atoms with E-state index in [0.717, 1.165) is 29.9 Å². The molecule has 0 amide bonds. The summed E-state index contributed by atoms with van der Waals surface area (Å²) in [7, 11) is 0. The molecule has 1 aliphatic rings. The van der Waals surface area contributed by atoms with Gasteiger partial charge in [0.2, 0.25) is 0 Å². The SMILES string of the molecule is Brc1ccc(NCCCOC2CCCC2)nc1. The van der Waals surface area contributed by atoms with Crippen LogP contribution >= 0.6 is 15.9 Å². The lowest BCUT2D eigenvalue weighted by Crippen LogP contribution is -2.12. The second kappa shape index (κ2) is 6.97. The van der Waals surface area contributed by atoms with Gasteiger partial charge < -0.3 is 10.1 Å². The van der Waals surface area contributed by atoms with Gasteiger partial charge in [0, 0.05) is 23.8 Å². The van der Waals surface area contributed by atoms with Crippen LogP contribution in [0.3, 0.4) is 0 Å². The van der Waals surface area contributed by atoms with Crippen molar-refractivity contribution in [1.29, 1.82) is 0 Å². The molecule has 1 fully saturated rings. The van der Waals surface area contributed by atoms with E-state index >= 15 is 0 Å². The Kier molecular flexibility index (Phi) is 5.26. The zero-order chi connectivity index (χ0) is 11.9. The Morgan fingerprint density at radius 1 is 1.35 bits per heavy atom. The Morgan fingerprint density at radius 2 is 2.18 bits per heavy atom. The van der Waals surface area contributed by atoms with Gasteiger partial charge in [0.15, 0.2) is 0 Å². The van der Waals surface area contributed by atoms with E-state index in [1.807, 2.05) is 12.1 Å². The number of pyridine rings is 1. The van der Waals surface area contributed by atoms with E-state index in [0.29, 0.717) is 6.10 Å². The highest BCUT2D eigenvalue weighted by atomic mass is 79.9. The summed E-state index contributed by atoms with van der Waals surface area (Å²) in [5, 5.41) is 3.29. The summed E-state index contributed by atoms with van der Waals surface area (Å²) in [6.45, 7) is 1.77. The van der Waals surface area contributed by atoms with Crippen molar-refractivity contribution in [2.24, 2.45) is 0 Å². The third-order valence-corrected chi connectivity index (χ3v) is 3.48. The van der Waals surface area contributed by atoms with Gasteiger partial charge in [-0.1, -0.05) is 12.8 Å². The van der Waals surface area contributed by atoms with Crippen LogP contribution in [0, 0.1) is 0 Å². The number of hydrogen-bond donors (Lipinski definition) is 1. The van der Waals surface area contributed by atoms with Crippen LogP contribution in [0.1, 0.15) is 32.1 Å². The maximum atomic E-state index is 5.79. The molecule has 4 heteroatoms. The standard InChI is InChI=1S/C13H19BrN2O/c14-11-6-7-13(16-10-11)15-8-3-9-17-12-4-1-2-5-12/h6-7,10,12H,1-5,8-9H2,(H,15,16). The van der Waals surface area contributed by atoms with Gasteiger partial charge in [-0.05, 0) is 47.3 Å². The van der Waals surface area contributed by atoms with E-state index in [1.165, 1.54) is 25.7 Å². The summed E-state index contributed by atoms with van der Waals surface area (Å²) in [6.07, 6.45) is 8.55. The molecule has 1 aliphatic carbocycles. The molecule has 0 spiro atoms. The van der Waals surface area contributed by atoms with Gasteiger partial charge in [-0.15, -0.1) is 0 Å². The minimum atomic E-state index is 0.529. The van der Waals surface area contributed by atoms with Crippen LogP contribution in [0.15, 0.2) is 22.8 Å². The number of rotatable bonds is 6. The lowest BCUT2D eigenvalue weighted by atomic mass is 10.3. The molecule has 0 aliphatic heterocycles. The number of ether oxygens (including phenoxy) is 1.